The van der Waals surface area contributed by atoms with E-state index in [0.717, 1.165) is 12.0 Å². The SMILES string of the molecule is CCCOC(=O)CCCCC(=O)OCc1ccccc1. The quantitative estimate of drug-likeness (QED) is 0.514. The predicted molar refractivity (Wildman–Crippen MR) is 76.0 cm³/mol. The second-order valence-corrected chi connectivity index (χ2v) is 4.57. The Morgan fingerprint density at radius 3 is 2.15 bits per heavy atom. The Hall–Kier alpha value is -1.84. The molecule has 0 atom stereocenters. The highest BCUT2D eigenvalue weighted by Gasteiger charge is 2.06. The van der Waals surface area contributed by atoms with Crippen molar-refractivity contribution < 1.29 is 19.1 Å². The molecule has 0 heterocycles. The molecular formula is C16H22O4. The normalized spacial score (nSPS) is 10.1. The molecule has 1 rings (SSSR count). The Bertz CT molecular complexity index is 400. The van der Waals surface area contributed by atoms with Crippen molar-refractivity contribution in [1.82, 2.24) is 0 Å². The second kappa shape index (κ2) is 10.0. The first-order valence-electron chi connectivity index (χ1n) is 7.07. The topological polar surface area (TPSA) is 52.6 Å². The average Bonchev–Trinajstić information content (AvgIpc) is 2.48. The zero-order valence-corrected chi connectivity index (χ0v) is 12.0. The van der Waals surface area contributed by atoms with Crippen molar-refractivity contribution in [1.29, 1.82) is 0 Å². The molecule has 0 aliphatic heterocycles. The van der Waals surface area contributed by atoms with Crippen LogP contribution >= 0.6 is 0 Å². The Morgan fingerprint density at radius 2 is 1.55 bits per heavy atom. The lowest BCUT2D eigenvalue weighted by molar-refractivity contribution is -0.146. The van der Waals surface area contributed by atoms with Crippen molar-refractivity contribution in [3.05, 3.63) is 35.9 Å². The number of carbonyl (C=O) groups excluding carboxylic acids is 2. The van der Waals surface area contributed by atoms with Crippen molar-refractivity contribution in [2.45, 2.75) is 45.6 Å². The zero-order valence-electron chi connectivity index (χ0n) is 12.0. The maximum absolute atomic E-state index is 11.5. The van der Waals surface area contributed by atoms with Crippen LogP contribution in [0.2, 0.25) is 0 Å². The van der Waals surface area contributed by atoms with Gasteiger partial charge in [-0.05, 0) is 24.8 Å². The molecule has 0 radical (unpaired) electrons. The maximum Gasteiger partial charge on any atom is 0.306 e. The van der Waals surface area contributed by atoms with Crippen LogP contribution in [0.25, 0.3) is 0 Å². The van der Waals surface area contributed by atoms with Gasteiger partial charge < -0.3 is 9.47 Å². The molecule has 4 nitrogen and oxygen atoms in total. The third kappa shape index (κ3) is 7.56. The van der Waals surface area contributed by atoms with Gasteiger partial charge in [-0.3, -0.25) is 9.59 Å². The van der Waals surface area contributed by atoms with E-state index in [9.17, 15) is 9.59 Å². The Labute approximate surface area is 120 Å². The molecule has 0 fully saturated rings. The van der Waals surface area contributed by atoms with Crippen LogP contribution in [0.4, 0.5) is 0 Å². The number of unbranched alkanes of at least 4 members (excludes halogenated alkanes) is 1. The van der Waals surface area contributed by atoms with Gasteiger partial charge in [0.1, 0.15) is 6.61 Å². The van der Waals surface area contributed by atoms with Gasteiger partial charge in [0, 0.05) is 12.8 Å². The van der Waals surface area contributed by atoms with Gasteiger partial charge in [-0.25, -0.2) is 0 Å². The molecule has 0 unspecified atom stereocenters. The minimum Gasteiger partial charge on any atom is -0.466 e. The summed E-state index contributed by atoms with van der Waals surface area (Å²) >= 11 is 0. The lowest BCUT2D eigenvalue weighted by Gasteiger charge is -2.05. The molecule has 0 aliphatic rings. The van der Waals surface area contributed by atoms with Crippen LogP contribution in [0.5, 0.6) is 0 Å². The number of hydrogen-bond donors (Lipinski definition) is 0. The van der Waals surface area contributed by atoms with Crippen molar-refractivity contribution in [3.63, 3.8) is 0 Å². The van der Waals surface area contributed by atoms with E-state index in [2.05, 4.69) is 0 Å². The lowest BCUT2D eigenvalue weighted by atomic mass is 10.2. The van der Waals surface area contributed by atoms with Crippen molar-refractivity contribution >= 4 is 11.9 Å². The summed E-state index contributed by atoms with van der Waals surface area (Å²) in [5.74, 6) is -0.416. The monoisotopic (exact) mass is 278 g/mol. The summed E-state index contributed by atoms with van der Waals surface area (Å²) in [7, 11) is 0. The molecular weight excluding hydrogens is 256 g/mol. The van der Waals surface area contributed by atoms with Gasteiger partial charge in [0.25, 0.3) is 0 Å². The standard InChI is InChI=1S/C16H22O4/c1-2-12-19-15(17)10-6-7-11-16(18)20-13-14-8-4-3-5-9-14/h3-5,8-9H,2,6-7,10-13H2,1H3. The van der Waals surface area contributed by atoms with Gasteiger partial charge >= 0.3 is 11.9 Å². The average molecular weight is 278 g/mol. The van der Waals surface area contributed by atoms with E-state index >= 15 is 0 Å². The Morgan fingerprint density at radius 1 is 0.950 bits per heavy atom. The number of ether oxygens (including phenoxy) is 2. The van der Waals surface area contributed by atoms with Crippen LogP contribution in [0.1, 0.15) is 44.6 Å². The number of rotatable bonds is 9. The molecule has 0 amide bonds. The summed E-state index contributed by atoms with van der Waals surface area (Å²) in [5.41, 5.74) is 0.976. The minimum atomic E-state index is -0.226. The molecule has 0 saturated carbocycles. The highest BCUT2D eigenvalue weighted by Crippen LogP contribution is 2.06. The summed E-state index contributed by atoms with van der Waals surface area (Å²) in [6, 6.07) is 9.56. The fraction of sp³-hybridized carbons (Fsp3) is 0.500. The van der Waals surface area contributed by atoms with E-state index in [1.54, 1.807) is 0 Å². The van der Waals surface area contributed by atoms with Gasteiger partial charge in [0.15, 0.2) is 0 Å². The first kappa shape index (κ1) is 16.2. The van der Waals surface area contributed by atoms with Crippen LogP contribution < -0.4 is 0 Å². The van der Waals surface area contributed by atoms with E-state index in [-0.39, 0.29) is 11.9 Å². The van der Waals surface area contributed by atoms with Crippen LogP contribution in [0.15, 0.2) is 30.3 Å². The van der Waals surface area contributed by atoms with Crippen LogP contribution in [0, 0.1) is 0 Å². The fourth-order valence-corrected chi connectivity index (χ4v) is 1.64. The van der Waals surface area contributed by atoms with Gasteiger partial charge in [0.05, 0.1) is 6.61 Å². The fourth-order valence-electron chi connectivity index (χ4n) is 1.64. The minimum absolute atomic E-state index is 0.190. The molecule has 20 heavy (non-hydrogen) atoms. The Kier molecular flexibility index (Phi) is 8.11. The summed E-state index contributed by atoms with van der Waals surface area (Å²) in [4.78, 5) is 22.7. The molecule has 0 aliphatic carbocycles. The van der Waals surface area contributed by atoms with Crippen LogP contribution in [-0.4, -0.2) is 18.5 Å². The van der Waals surface area contributed by atoms with E-state index in [0.29, 0.717) is 38.9 Å². The lowest BCUT2D eigenvalue weighted by Crippen LogP contribution is -2.07. The first-order valence-corrected chi connectivity index (χ1v) is 7.07. The van der Waals surface area contributed by atoms with E-state index in [4.69, 9.17) is 9.47 Å². The molecule has 0 spiro atoms. The zero-order chi connectivity index (χ0) is 14.6. The summed E-state index contributed by atoms with van der Waals surface area (Å²) in [6.45, 7) is 2.73. The summed E-state index contributed by atoms with van der Waals surface area (Å²) in [5, 5.41) is 0. The molecule has 110 valence electrons. The van der Waals surface area contributed by atoms with Crippen molar-refractivity contribution in [2.24, 2.45) is 0 Å². The van der Waals surface area contributed by atoms with Gasteiger partial charge in [-0.15, -0.1) is 0 Å². The number of esters is 2. The first-order chi connectivity index (χ1) is 9.72. The van der Waals surface area contributed by atoms with E-state index in [1.807, 2.05) is 37.3 Å². The third-order valence-corrected chi connectivity index (χ3v) is 2.72. The Balaban J connectivity index is 2.04. The summed E-state index contributed by atoms with van der Waals surface area (Å²) < 4.78 is 10.1. The highest BCUT2D eigenvalue weighted by atomic mass is 16.5. The number of carbonyl (C=O) groups is 2. The smallest absolute Gasteiger partial charge is 0.306 e. The molecule has 4 heteroatoms. The number of benzene rings is 1. The predicted octanol–water partition coefficient (Wildman–Crippen LogP) is 3.24. The molecule has 1 aromatic rings. The maximum atomic E-state index is 11.5. The molecule has 0 N–H and O–H groups in total. The van der Waals surface area contributed by atoms with Gasteiger partial charge in [-0.1, -0.05) is 37.3 Å². The van der Waals surface area contributed by atoms with E-state index in [1.165, 1.54) is 0 Å². The molecule has 0 bridgehead atoms. The number of hydrogen-bond acceptors (Lipinski definition) is 4. The van der Waals surface area contributed by atoms with E-state index < -0.39 is 0 Å². The van der Waals surface area contributed by atoms with Crippen molar-refractivity contribution in [3.8, 4) is 0 Å². The molecule has 1 aromatic carbocycles. The van der Waals surface area contributed by atoms with Crippen LogP contribution in [-0.2, 0) is 25.7 Å². The van der Waals surface area contributed by atoms with Crippen LogP contribution in [0.3, 0.4) is 0 Å². The second-order valence-electron chi connectivity index (χ2n) is 4.57. The largest absolute Gasteiger partial charge is 0.466 e. The molecule has 0 aromatic heterocycles. The van der Waals surface area contributed by atoms with Gasteiger partial charge in [0.2, 0.25) is 0 Å². The third-order valence-electron chi connectivity index (χ3n) is 2.72. The highest BCUT2D eigenvalue weighted by molar-refractivity contribution is 5.70. The molecule has 0 saturated heterocycles. The van der Waals surface area contributed by atoms with Gasteiger partial charge in [-0.2, -0.15) is 0 Å². The van der Waals surface area contributed by atoms with Crippen molar-refractivity contribution in [2.75, 3.05) is 6.61 Å². The summed E-state index contributed by atoms with van der Waals surface area (Å²) in [6.07, 6.45) is 2.84.